The van der Waals surface area contributed by atoms with Crippen molar-refractivity contribution in [2.24, 2.45) is 0 Å². The predicted octanol–water partition coefficient (Wildman–Crippen LogP) is 0.465. The lowest BCUT2D eigenvalue weighted by Crippen LogP contribution is -2.57. The van der Waals surface area contributed by atoms with E-state index in [0.29, 0.717) is 26.0 Å². The second kappa shape index (κ2) is 4.92. The summed E-state index contributed by atoms with van der Waals surface area (Å²) in [7, 11) is 0. The lowest BCUT2D eigenvalue weighted by molar-refractivity contribution is -0.160. The van der Waals surface area contributed by atoms with E-state index >= 15 is 0 Å². The van der Waals surface area contributed by atoms with Gasteiger partial charge in [0, 0.05) is 19.6 Å². The Balaban J connectivity index is 2.03. The molecule has 0 saturated carbocycles. The molecule has 0 unspecified atom stereocenters. The minimum atomic E-state index is -0.793. The van der Waals surface area contributed by atoms with Crippen LogP contribution in [0.2, 0.25) is 0 Å². The normalized spacial score (nSPS) is 36.9. The molecular weight excluding hydrogens is 222 g/mol. The van der Waals surface area contributed by atoms with Crippen LogP contribution in [0.5, 0.6) is 0 Å². The Labute approximate surface area is 101 Å². The van der Waals surface area contributed by atoms with Crippen molar-refractivity contribution >= 4 is 5.97 Å². The van der Waals surface area contributed by atoms with Gasteiger partial charge in [0.2, 0.25) is 0 Å². The Morgan fingerprint density at radius 1 is 1.59 bits per heavy atom. The summed E-state index contributed by atoms with van der Waals surface area (Å²) in [6, 6.07) is -0.477. The minimum absolute atomic E-state index is 0.302. The molecule has 2 fully saturated rings. The molecule has 5 heteroatoms. The summed E-state index contributed by atoms with van der Waals surface area (Å²) in [5.74, 6) is -0.793. The summed E-state index contributed by atoms with van der Waals surface area (Å²) in [6.45, 7) is 3.71. The summed E-state index contributed by atoms with van der Waals surface area (Å²) < 4.78 is 5.84. The van der Waals surface area contributed by atoms with Crippen molar-refractivity contribution in [2.45, 2.75) is 50.4 Å². The molecule has 2 heterocycles. The first-order valence-electron chi connectivity index (χ1n) is 6.31. The Bertz CT molecular complexity index is 292. The molecule has 2 saturated heterocycles. The number of aliphatic hydroxyl groups excluding tert-OH is 1. The highest BCUT2D eigenvalue weighted by Gasteiger charge is 2.42. The van der Waals surface area contributed by atoms with Crippen LogP contribution in [0.3, 0.4) is 0 Å². The van der Waals surface area contributed by atoms with Gasteiger partial charge in [-0.1, -0.05) is 0 Å². The SMILES string of the molecule is C[C@H](C(=O)O)N1CCC[C@]2(C[C@H](O)CCO2)C1. The zero-order chi connectivity index (χ0) is 12.5. The number of aliphatic hydroxyl groups is 1. The van der Waals surface area contributed by atoms with Crippen molar-refractivity contribution in [1.82, 2.24) is 4.90 Å². The van der Waals surface area contributed by atoms with Gasteiger partial charge < -0.3 is 14.9 Å². The van der Waals surface area contributed by atoms with Gasteiger partial charge in [-0.25, -0.2) is 0 Å². The number of likely N-dealkylation sites (tertiary alicyclic amines) is 1. The first kappa shape index (κ1) is 12.8. The van der Waals surface area contributed by atoms with E-state index in [1.165, 1.54) is 0 Å². The van der Waals surface area contributed by atoms with Gasteiger partial charge >= 0.3 is 5.97 Å². The number of carboxylic acids is 1. The summed E-state index contributed by atoms with van der Waals surface area (Å²) in [5, 5.41) is 18.8. The van der Waals surface area contributed by atoms with Crippen LogP contribution in [0, 0.1) is 0 Å². The molecule has 0 aliphatic carbocycles. The van der Waals surface area contributed by atoms with Crippen LogP contribution < -0.4 is 0 Å². The number of piperidine rings is 1. The highest BCUT2D eigenvalue weighted by molar-refractivity contribution is 5.72. The Hall–Kier alpha value is -0.650. The molecule has 3 atom stereocenters. The fourth-order valence-electron chi connectivity index (χ4n) is 2.91. The van der Waals surface area contributed by atoms with Gasteiger partial charge in [-0.15, -0.1) is 0 Å². The summed E-state index contributed by atoms with van der Waals surface area (Å²) >= 11 is 0. The van der Waals surface area contributed by atoms with Gasteiger partial charge in [-0.2, -0.15) is 0 Å². The molecule has 0 bridgehead atoms. The Kier molecular flexibility index (Phi) is 3.70. The van der Waals surface area contributed by atoms with Crippen LogP contribution in [-0.4, -0.2) is 58.5 Å². The maximum absolute atomic E-state index is 11.0. The van der Waals surface area contributed by atoms with Crippen molar-refractivity contribution in [3.8, 4) is 0 Å². The van der Waals surface area contributed by atoms with Crippen molar-refractivity contribution in [3.63, 3.8) is 0 Å². The van der Waals surface area contributed by atoms with Crippen molar-refractivity contribution in [1.29, 1.82) is 0 Å². The average molecular weight is 243 g/mol. The first-order chi connectivity index (χ1) is 8.02. The highest BCUT2D eigenvalue weighted by atomic mass is 16.5. The number of nitrogens with zero attached hydrogens (tertiary/aromatic N) is 1. The van der Waals surface area contributed by atoms with Gasteiger partial charge in [0.1, 0.15) is 6.04 Å². The van der Waals surface area contributed by atoms with E-state index in [1.54, 1.807) is 6.92 Å². The van der Waals surface area contributed by atoms with Crippen LogP contribution in [0.15, 0.2) is 0 Å². The van der Waals surface area contributed by atoms with Gasteiger partial charge in [0.25, 0.3) is 0 Å². The number of ether oxygens (including phenoxy) is 1. The van der Waals surface area contributed by atoms with Crippen molar-refractivity contribution in [3.05, 3.63) is 0 Å². The van der Waals surface area contributed by atoms with Crippen LogP contribution in [0.1, 0.15) is 32.6 Å². The third-order valence-corrected chi connectivity index (χ3v) is 3.94. The molecule has 2 N–H and O–H groups in total. The summed E-state index contributed by atoms with van der Waals surface area (Å²) in [6.07, 6.45) is 2.88. The zero-order valence-corrected chi connectivity index (χ0v) is 10.3. The minimum Gasteiger partial charge on any atom is -0.480 e. The molecule has 2 aliphatic heterocycles. The lowest BCUT2D eigenvalue weighted by atomic mass is 9.84. The second-order valence-corrected chi connectivity index (χ2v) is 5.27. The zero-order valence-electron chi connectivity index (χ0n) is 10.3. The third kappa shape index (κ3) is 2.78. The molecular formula is C12H21NO4. The van der Waals surface area contributed by atoms with Gasteiger partial charge in [-0.3, -0.25) is 9.69 Å². The molecule has 2 aliphatic rings. The van der Waals surface area contributed by atoms with E-state index < -0.39 is 12.0 Å². The number of carboxylic acid groups (broad SMARTS) is 1. The van der Waals surface area contributed by atoms with Crippen LogP contribution in [-0.2, 0) is 9.53 Å². The predicted molar refractivity (Wildman–Crippen MR) is 61.8 cm³/mol. The Morgan fingerprint density at radius 3 is 3.00 bits per heavy atom. The van der Waals surface area contributed by atoms with Crippen LogP contribution in [0.25, 0.3) is 0 Å². The maximum atomic E-state index is 11.0. The molecule has 0 aromatic heterocycles. The molecule has 98 valence electrons. The van der Waals surface area contributed by atoms with Gasteiger partial charge in [0.15, 0.2) is 0 Å². The number of rotatable bonds is 2. The van der Waals surface area contributed by atoms with Crippen LogP contribution in [0.4, 0.5) is 0 Å². The topological polar surface area (TPSA) is 70.0 Å². The number of aliphatic carboxylic acids is 1. The summed E-state index contributed by atoms with van der Waals surface area (Å²) in [5.41, 5.74) is -0.320. The van der Waals surface area contributed by atoms with E-state index in [-0.39, 0.29) is 11.7 Å². The van der Waals surface area contributed by atoms with Crippen molar-refractivity contribution in [2.75, 3.05) is 19.7 Å². The monoisotopic (exact) mass is 243 g/mol. The molecule has 2 rings (SSSR count). The quantitative estimate of drug-likeness (QED) is 0.737. The molecule has 0 amide bonds. The molecule has 5 nitrogen and oxygen atoms in total. The van der Waals surface area contributed by atoms with E-state index in [1.807, 2.05) is 4.90 Å². The summed E-state index contributed by atoms with van der Waals surface area (Å²) in [4.78, 5) is 13.0. The largest absolute Gasteiger partial charge is 0.480 e. The average Bonchev–Trinajstić information content (AvgIpc) is 2.27. The molecule has 0 aromatic carbocycles. The molecule has 0 aromatic rings. The van der Waals surface area contributed by atoms with E-state index in [9.17, 15) is 9.90 Å². The lowest BCUT2D eigenvalue weighted by Gasteiger charge is -2.47. The van der Waals surface area contributed by atoms with Gasteiger partial charge in [0.05, 0.1) is 11.7 Å². The second-order valence-electron chi connectivity index (χ2n) is 5.27. The number of hydrogen-bond acceptors (Lipinski definition) is 4. The van der Waals surface area contributed by atoms with Crippen LogP contribution >= 0.6 is 0 Å². The standard InChI is InChI=1S/C12H21NO4/c1-9(11(15)16)13-5-2-4-12(8-13)7-10(14)3-6-17-12/h9-10,14H,2-8H2,1H3,(H,15,16)/t9-,10-,12+/m1/s1. The van der Waals surface area contributed by atoms with E-state index in [2.05, 4.69) is 0 Å². The number of hydrogen-bond donors (Lipinski definition) is 2. The third-order valence-electron chi connectivity index (χ3n) is 3.94. The smallest absolute Gasteiger partial charge is 0.320 e. The van der Waals surface area contributed by atoms with Crippen molar-refractivity contribution < 1.29 is 19.7 Å². The van der Waals surface area contributed by atoms with E-state index in [4.69, 9.17) is 9.84 Å². The molecule has 17 heavy (non-hydrogen) atoms. The van der Waals surface area contributed by atoms with Gasteiger partial charge in [-0.05, 0) is 32.7 Å². The number of carbonyl (C=O) groups is 1. The maximum Gasteiger partial charge on any atom is 0.320 e. The first-order valence-corrected chi connectivity index (χ1v) is 6.31. The van der Waals surface area contributed by atoms with E-state index in [0.717, 1.165) is 19.4 Å². The highest BCUT2D eigenvalue weighted by Crippen LogP contribution is 2.34. The Morgan fingerprint density at radius 2 is 2.35 bits per heavy atom. The fourth-order valence-corrected chi connectivity index (χ4v) is 2.91. The molecule has 0 radical (unpaired) electrons. The fraction of sp³-hybridized carbons (Fsp3) is 0.917. The molecule has 1 spiro atoms.